The summed E-state index contributed by atoms with van der Waals surface area (Å²) in [7, 11) is 0. The van der Waals surface area contributed by atoms with Crippen LogP contribution in [0.15, 0.2) is 78.9 Å². The fourth-order valence-electron chi connectivity index (χ4n) is 3.49. The van der Waals surface area contributed by atoms with E-state index in [1.165, 1.54) is 12.1 Å². The Balaban J connectivity index is 1.80. The van der Waals surface area contributed by atoms with E-state index >= 15 is 0 Å². The molecule has 140 valence electrons. The van der Waals surface area contributed by atoms with Gasteiger partial charge >= 0.3 is 6.03 Å². The van der Waals surface area contributed by atoms with Crippen LogP contribution in [0.5, 0.6) is 0 Å². The van der Waals surface area contributed by atoms with Gasteiger partial charge in [-0.05, 0) is 17.2 Å². The number of benzene rings is 3. The van der Waals surface area contributed by atoms with E-state index in [0.717, 1.165) is 11.0 Å². The largest absolute Gasteiger partial charge is 0.325 e. The van der Waals surface area contributed by atoms with Crippen LogP contribution in [0.3, 0.4) is 0 Å². The molecule has 0 spiro atoms. The maximum absolute atomic E-state index is 14.1. The van der Waals surface area contributed by atoms with Crippen LogP contribution in [0.1, 0.15) is 16.7 Å². The van der Waals surface area contributed by atoms with E-state index in [9.17, 15) is 18.4 Å². The molecule has 0 saturated carbocycles. The number of hydrogen-bond acceptors (Lipinski definition) is 2. The van der Waals surface area contributed by atoms with Crippen molar-refractivity contribution in [3.63, 3.8) is 0 Å². The van der Waals surface area contributed by atoms with Crippen LogP contribution in [-0.2, 0) is 16.9 Å². The molecule has 3 aromatic rings. The molecule has 4 rings (SSSR count). The van der Waals surface area contributed by atoms with E-state index in [1.807, 2.05) is 12.1 Å². The second kappa shape index (κ2) is 6.88. The fourth-order valence-corrected chi connectivity index (χ4v) is 3.49. The first-order valence-electron chi connectivity index (χ1n) is 8.72. The minimum atomic E-state index is -1.43. The van der Waals surface area contributed by atoms with Crippen LogP contribution >= 0.6 is 0 Å². The first-order valence-corrected chi connectivity index (χ1v) is 8.72. The zero-order valence-corrected chi connectivity index (χ0v) is 14.7. The topological polar surface area (TPSA) is 49.4 Å². The van der Waals surface area contributed by atoms with Crippen molar-refractivity contribution >= 4 is 11.9 Å². The SMILES string of the molecule is O=C1NC(c2ccccc2)(c2ccccc2)C(=O)N1Cc1cccc(F)c1F. The number of nitrogens with zero attached hydrogens (tertiary/aromatic N) is 1. The molecule has 0 atom stereocenters. The predicted octanol–water partition coefficient (Wildman–Crippen LogP) is 3.96. The van der Waals surface area contributed by atoms with Gasteiger partial charge in [0.2, 0.25) is 0 Å². The van der Waals surface area contributed by atoms with Gasteiger partial charge in [0.1, 0.15) is 0 Å². The molecule has 6 heteroatoms. The number of rotatable bonds is 4. The van der Waals surface area contributed by atoms with Crippen molar-refractivity contribution in [2.24, 2.45) is 0 Å². The summed E-state index contributed by atoms with van der Waals surface area (Å²) in [5.41, 5.74) is -0.326. The summed E-state index contributed by atoms with van der Waals surface area (Å²) in [5, 5.41) is 2.78. The van der Waals surface area contributed by atoms with E-state index in [-0.39, 0.29) is 12.1 Å². The van der Waals surface area contributed by atoms with Crippen LogP contribution < -0.4 is 5.32 Å². The lowest BCUT2D eigenvalue weighted by Gasteiger charge is -2.28. The summed E-state index contributed by atoms with van der Waals surface area (Å²) >= 11 is 0. The Hall–Kier alpha value is -3.54. The number of amides is 3. The second-order valence-corrected chi connectivity index (χ2v) is 6.52. The van der Waals surface area contributed by atoms with Gasteiger partial charge in [-0.15, -0.1) is 0 Å². The summed E-state index contributed by atoms with van der Waals surface area (Å²) in [5.74, 6) is -2.64. The Morgan fingerprint density at radius 3 is 1.93 bits per heavy atom. The average Bonchev–Trinajstić information content (AvgIpc) is 2.98. The smallest absolute Gasteiger partial charge is 0.315 e. The predicted molar refractivity (Wildman–Crippen MR) is 99.1 cm³/mol. The van der Waals surface area contributed by atoms with Gasteiger partial charge < -0.3 is 5.32 Å². The van der Waals surface area contributed by atoms with Crippen molar-refractivity contribution in [1.82, 2.24) is 10.2 Å². The van der Waals surface area contributed by atoms with Gasteiger partial charge in [0.25, 0.3) is 5.91 Å². The number of carbonyl (C=O) groups is 2. The summed E-state index contributed by atoms with van der Waals surface area (Å²) in [6.07, 6.45) is 0. The van der Waals surface area contributed by atoms with Crippen LogP contribution in [0.25, 0.3) is 0 Å². The molecule has 1 fully saturated rings. The summed E-state index contributed by atoms with van der Waals surface area (Å²) in [4.78, 5) is 27.1. The molecule has 1 aliphatic rings. The summed E-state index contributed by atoms with van der Waals surface area (Å²) in [6.45, 7) is -0.365. The zero-order chi connectivity index (χ0) is 19.7. The maximum atomic E-state index is 14.1. The molecule has 0 aliphatic carbocycles. The summed E-state index contributed by atoms with van der Waals surface area (Å²) in [6, 6.07) is 20.7. The molecular formula is C22H16F2N2O2. The number of hydrogen-bond donors (Lipinski definition) is 1. The van der Waals surface area contributed by atoms with Crippen molar-refractivity contribution in [1.29, 1.82) is 0 Å². The van der Waals surface area contributed by atoms with Crippen molar-refractivity contribution in [3.8, 4) is 0 Å². The third-order valence-corrected chi connectivity index (χ3v) is 4.88. The van der Waals surface area contributed by atoms with E-state index in [0.29, 0.717) is 11.1 Å². The molecule has 0 radical (unpaired) electrons. The molecule has 1 saturated heterocycles. The number of urea groups is 1. The Morgan fingerprint density at radius 1 is 0.786 bits per heavy atom. The van der Waals surface area contributed by atoms with E-state index < -0.39 is 29.1 Å². The standard InChI is InChI=1S/C22H16F2N2O2/c23-18-13-7-8-15(19(18)24)14-26-20(27)22(25-21(26)28,16-9-3-1-4-10-16)17-11-5-2-6-12-17/h1-13H,14H2,(H,25,28). The second-order valence-electron chi connectivity index (χ2n) is 6.52. The van der Waals surface area contributed by atoms with E-state index in [2.05, 4.69) is 5.32 Å². The normalized spacial score (nSPS) is 15.6. The van der Waals surface area contributed by atoms with Crippen molar-refractivity contribution in [3.05, 3.63) is 107 Å². The molecule has 3 aromatic carbocycles. The molecule has 0 bridgehead atoms. The average molecular weight is 378 g/mol. The Morgan fingerprint density at radius 2 is 1.36 bits per heavy atom. The van der Waals surface area contributed by atoms with Gasteiger partial charge in [-0.1, -0.05) is 72.8 Å². The Labute approximate surface area is 160 Å². The monoisotopic (exact) mass is 378 g/mol. The lowest BCUT2D eigenvalue weighted by Crippen LogP contribution is -2.45. The third kappa shape index (κ3) is 2.74. The van der Waals surface area contributed by atoms with Gasteiger partial charge in [-0.2, -0.15) is 0 Å². The van der Waals surface area contributed by atoms with Crippen molar-refractivity contribution in [2.75, 3.05) is 0 Å². The highest BCUT2D eigenvalue weighted by Gasteiger charge is 2.53. The van der Waals surface area contributed by atoms with Crippen molar-refractivity contribution < 1.29 is 18.4 Å². The fraction of sp³-hybridized carbons (Fsp3) is 0.0909. The van der Waals surface area contributed by atoms with Gasteiger partial charge in [0.15, 0.2) is 17.2 Å². The minimum Gasteiger partial charge on any atom is -0.315 e. The molecule has 4 nitrogen and oxygen atoms in total. The lowest BCUT2D eigenvalue weighted by atomic mass is 9.82. The first-order chi connectivity index (χ1) is 13.5. The highest BCUT2D eigenvalue weighted by atomic mass is 19.2. The van der Waals surface area contributed by atoms with E-state index in [4.69, 9.17) is 0 Å². The quantitative estimate of drug-likeness (QED) is 0.699. The highest BCUT2D eigenvalue weighted by molar-refractivity contribution is 6.09. The molecule has 1 heterocycles. The summed E-state index contributed by atoms with van der Waals surface area (Å²) < 4.78 is 27.7. The van der Waals surface area contributed by atoms with Gasteiger partial charge in [-0.25, -0.2) is 13.6 Å². The maximum Gasteiger partial charge on any atom is 0.325 e. The lowest BCUT2D eigenvalue weighted by molar-refractivity contribution is -0.130. The molecule has 3 amide bonds. The third-order valence-electron chi connectivity index (χ3n) is 4.88. The van der Waals surface area contributed by atoms with Crippen LogP contribution in [0.4, 0.5) is 13.6 Å². The Bertz CT molecular complexity index is 999. The molecule has 0 unspecified atom stereocenters. The van der Waals surface area contributed by atoms with Crippen LogP contribution in [0.2, 0.25) is 0 Å². The van der Waals surface area contributed by atoms with E-state index in [1.54, 1.807) is 48.5 Å². The number of nitrogens with one attached hydrogen (secondary N) is 1. The molecular weight excluding hydrogens is 362 g/mol. The van der Waals surface area contributed by atoms with Gasteiger partial charge in [-0.3, -0.25) is 9.69 Å². The first kappa shape index (κ1) is 17.9. The molecule has 1 N–H and O–H groups in total. The molecule has 28 heavy (non-hydrogen) atoms. The van der Waals surface area contributed by atoms with Crippen LogP contribution in [0, 0.1) is 11.6 Å². The number of imide groups is 1. The number of carbonyl (C=O) groups excluding carboxylic acids is 2. The Kier molecular flexibility index (Phi) is 4.39. The van der Waals surface area contributed by atoms with Crippen LogP contribution in [-0.4, -0.2) is 16.8 Å². The number of halogens is 2. The zero-order valence-electron chi connectivity index (χ0n) is 14.7. The molecule has 1 aliphatic heterocycles. The minimum absolute atomic E-state index is 0.0691. The van der Waals surface area contributed by atoms with Gasteiger partial charge in [0, 0.05) is 5.56 Å². The van der Waals surface area contributed by atoms with Crippen molar-refractivity contribution in [2.45, 2.75) is 12.1 Å². The highest BCUT2D eigenvalue weighted by Crippen LogP contribution is 2.36. The molecule has 0 aromatic heterocycles. The van der Waals surface area contributed by atoms with Gasteiger partial charge in [0.05, 0.1) is 6.54 Å².